The van der Waals surface area contributed by atoms with Crippen LogP contribution in [-0.4, -0.2) is 29.4 Å². The lowest BCUT2D eigenvalue weighted by Crippen LogP contribution is -2.52. The maximum absolute atomic E-state index is 14.2. The number of benzene rings is 2. The van der Waals surface area contributed by atoms with E-state index in [0.717, 1.165) is 43.4 Å². The third-order valence-corrected chi connectivity index (χ3v) is 7.52. The lowest BCUT2D eigenvalue weighted by atomic mass is 9.65. The van der Waals surface area contributed by atoms with Crippen molar-refractivity contribution >= 4 is 11.9 Å². The molecule has 0 fully saturated rings. The number of ether oxygens (including phenoxy) is 1. The number of hydrogen-bond acceptors (Lipinski definition) is 4. The van der Waals surface area contributed by atoms with Crippen LogP contribution in [-0.2, 0) is 29.6 Å². The average molecular weight is 418 g/mol. The first-order valence-corrected chi connectivity index (χ1v) is 11.4. The number of rotatable bonds is 3. The van der Waals surface area contributed by atoms with Crippen LogP contribution in [0.3, 0.4) is 0 Å². The molecular formula is C26H31N3O2. The topological polar surface area (TPSA) is 67.9 Å². The van der Waals surface area contributed by atoms with Crippen LogP contribution < -0.4 is 10.5 Å². The van der Waals surface area contributed by atoms with E-state index in [0.29, 0.717) is 12.6 Å². The van der Waals surface area contributed by atoms with Crippen LogP contribution in [0, 0.1) is 5.41 Å². The van der Waals surface area contributed by atoms with Gasteiger partial charge >= 0.3 is 0 Å². The van der Waals surface area contributed by atoms with Gasteiger partial charge in [0.15, 0.2) is 11.5 Å². The monoisotopic (exact) mass is 417 g/mol. The van der Waals surface area contributed by atoms with E-state index in [9.17, 15) is 4.79 Å². The van der Waals surface area contributed by atoms with Crippen molar-refractivity contribution in [2.75, 3.05) is 6.61 Å². The maximum Gasteiger partial charge on any atom is 0.262 e. The molecule has 162 valence electrons. The molecule has 31 heavy (non-hydrogen) atoms. The molecule has 1 unspecified atom stereocenters. The molecule has 0 radical (unpaired) electrons. The summed E-state index contributed by atoms with van der Waals surface area (Å²) in [5.41, 5.74) is 10.1. The van der Waals surface area contributed by atoms with E-state index in [-0.39, 0.29) is 17.4 Å². The van der Waals surface area contributed by atoms with Crippen molar-refractivity contribution in [2.24, 2.45) is 16.1 Å². The van der Waals surface area contributed by atoms with Gasteiger partial charge in [-0.15, -0.1) is 0 Å². The molecule has 2 aliphatic carbocycles. The van der Waals surface area contributed by atoms with E-state index in [1.165, 1.54) is 16.7 Å². The summed E-state index contributed by atoms with van der Waals surface area (Å²) in [7, 11) is 0. The Morgan fingerprint density at radius 3 is 2.35 bits per heavy atom. The molecule has 0 bridgehead atoms. The van der Waals surface area contributed by atoms with Gasteiger partial charge in [-0.3, -0.25) is 9.69 Å². The molecule has 0 saturated heterocycles. The number of carbonyl (C=O) groups excluding carboxylic acids is 1. The van der Waals surface area contributed by atoms with E-state index >= 15 is 0 Å². The Kier molecular flexibility index (Phi) is 4.61. The summed E-state index contributed by atoms with van der Waals surface area (Å²) < 4.78 is 5.82. The van der Waals surface area contributed by atoms with Gasteiger partial charge < -0.3 is 10.5 Å². The highest BCUT2D eigenvalue weighted by Crippen LogP contribution is 2.61. The van der Waals surface area contributed by atoms with Gasteiger partial charge in [0.1, 0.15) is 5.75 Å². The van der Waals surface area contributed by atoms with E-state index in [1.807, 2.05) is 32.9 Å². The van der Waals surface area contributed by atoms with Crippen LogP contribution in [0.25, 0.3) is 0 Å². The highest BCUT2D eigenvalue weighted by Gasteiger charge is 2.66. The van der Waals surface area contributed by atoms with Crippen LogP contribution in [0.1, 0.15) is 55.9 Å². The summed E-state index contributed by atoms with van der Waals surface area (Å²) in [5.74, 6) is 1.16. The number of nitrogens with two attached hydrogens (primary N) is 1. The standard InChI is InChI=1S/C26H31N3O2/c1-4-31-21-10-9-20-16-25(13-11-18-7-5-6-8-19(18)12-14-25)26(22(20)15-21)23(30)29(17(2)3)24(27)28-26/h5-10,15,17H,4,11-14,16H2,1-3H3,(H2,27,28). The Bertz CT molecular complexity index is 1050. The SMILES string of the molecule is CCOc1ccc2c(c1)C1(N=C(N)N(C(C)C)C1=O)C1(CCc3ccccc3CC1)C2. The van der Waals surface area contributed by atoms with Crippen LogP contribution in [0.2, 0.25) is 0 Å². The fourth-order valence-corrected chi connectivity index (χ4v) is 6.11. The van der Waals surface area contributed by atoms with Crippen molar-refractivity contribution in [3.8, 4) is 5.75 Å². The first-order chi connectivity index (χ1) is 14.9. The van der Waals surface area contributed by atoms with Gasteiger partial charge in [-0.05, 0) is 87.3 Å². The molecule has 5 heteroatoms. The zero-order valence-corrected chi connectivity index (χ0v) is 18.6. The Morgan fingerprint density at radius 2 is 1.77 bits per heavy atom. The Morgan fingerprint density at radius 1 is 1.10 bits per heavy atom. The highest BCUT2D eigenvalue weighted by atomic mass is 16.5. The summed E-state index contributed by atoms with van der Waals surface area (Å²) in [4.78, 5) is 20.9. The predicted octanol–water partition coefficient (Wildman–Crippen LogP) is 3.97. The van der Waals surface area contributed by atoms with Gasteiger partial charge in [0, 0.05) is 11.5 Å². The molecule has 1 atom stereocenters. The predicted molar refractivity (Wildman–Crippen MR) is 122 cm³/mol. The first kappa shape index (κ1) is 20.1. The summed E-state index contributed by atoms with van der Waals surface area (Å²) in [5, 5.41) is 0. The maximum atomic E-state index is 14.2. The first-order valence-electron chi connectivity index (χ1n) is 11.4. The number of guanidine groups is 1. The molecule has 5 nitrogen and oxygen atoms in total. The normalized spacial score (nSPS) is 23.8. The molecule has 2 N–H and O–H groups in total. The number of aliphatic imine (C=N–C) groups is 1. The number of fused-ring (bicyclic) bond motifs is 4. The zero-order chi connectivity index (χ0) is 21.8. The van der Waals surface area contributed by atoms with E-state index in [2.05, 4.69) is 30.3 Å². The molecule has 5 rings (SSSR count). The third kappa shape index (κ3) is 2.75. The van der Waals surface area contributed by atoms with E-state index in [1.54, 1.807) is 4.90 Å². The average Bonchev–Trinajstić information content (AvgIpc) is 3.08. The summed E-state index contributed by atoms with van der Waals surface area (Å²) >= 11 is 0. The number of amides is 1. The molecule has 3 aliphatic rings. The number of hydrogen-bond donors (Lipinski definition) is 1. The van der Waals surface area contributed by atoms with Crippen molar-refractivity contribution in [1.29, 1.82) is 0 Å². The summed E-state index contributed by atoms with van der Waals surface area (Å²) in [6.45, 7) is 6.57. The molecular weight excluding hydrogens is 386 g/mol. The molecule has 1 amide bonds. The van der Waals surface area contributed by atoms with Crippen molar-refractivity contribution in [1.82, 2.24) is 4.90 Å². The second kappa shape index (κ2) is 7.11. The fraction of sp³-hybridized carbons (Fsp3) is 0.462. The van der Waals surface area contributed by atoms with Gasteiger partial charge in [-0.1, -0.05) is 30.3 Å². The Balaban J connectivity index is 1.68. The number of aryl methyl sites for hydroxylation is 2. The van der Waals surface area contributed by atoms with Crippen molar-refractivity contribution in [3.63, 3.8) is 0 Å². The summed E-state index contributed by atoms with van der Waals surface area (Å²) in [6, 6.07) is 14.8. The molecule has 2 aromatic carbocycles. The molecule has 0 aromatic heterocycles. The van der Waals surface area contributed by atoms with E-state index < -0.39 is 5.54 Å². The molecule has 2 spiro atoms. The van der Waals surface area contributed by atoms with Gasteiger partial charge in [-0.2, -0.15) is 0 Å². The molecule has 2 aromatic rings. The van der Waals surface area contributed by atoms with Crippen molar-refractivity contribution < 1.29 is 9.53 Å². The largest absolute Gasteiger partial charge is 0.494 e. The zero-order valence-electron chi connectivity index (χ0n) is 18.6. The summed E-state index contributed by atoms with van der Waals surface area (Å²) in [6.07, 6.45) is 4.58. The lowest BCUT2D eigenvalue weighted by Gasteiger charge is -2.41. The molecule has 0 saturated carbocycles. The molecule has 1 aliphatic heterocycles. The van der Waals surface area contributed by atoms with Crippen LogP contribution in [0.5, 0.6) is 5.75 Å². The Hall–Kier alpha value is -2.82. The molecule has 1 heterocycles. The minimum atomic E-state index is -0.966. The minimum Gasteiger partial charge on any atom is -0.494 e. The van der Waals surface area contributed by atoms with E-state index in [4.69, 9.17) is 15.5 Å². The van der Waals surface area contributed by atoms with Crippen LogP contribution in [0.15, 0.2) is 47.5 Å². The van der Waals surface area contributed by atoms with Gasteiger partial charge in [0.2, 0.25) is 0 Å². The van der Waals surface area contributed by atoms with Gasteiger partial charge in [0.05, 0.1) is 6.61 Å². The lowest BCUT2D eigenvalue weighted by molar-refractivity contribution is -0.137. The second-order valence-corrected chi connectivity index (χ2v) is 9.43. The quantitative estimate of drug-likeness (QED) is 0.822. The fourth-order valence-electron chi connectivity index (χ4n) is 6.11. The smallest absolute Gasteiger partial charge is 0.262 e. The second-order valence-electron chi connectivity index (χ2n) is 9.43. The van der Waals surface area contributed by atoms with Gasteiger partial charge in [0.25, 0.3) is 5.91 Å². The Labute approximate surface area is 184 Å². The number of carbonyl (C=O) groups is 1. The van der Waals surface area contributed by atoms with Crippen LogP contribution >= 0.6 is 0 Å². The highest BCUT2D eigenvalue weighted by molar-refractivity contribution is 6.08. The van der Waals surface area contributed by atoms with Crippen molar-refractivity contribution in [2.45, 2.75) is 64.5 Å². The van der Waals surface area contributed by atoms with Crippen LogP contribution in [0.4, 0.5) is 0 Å². The van der Waals surface area contributed by atoms with Crippen molar-refractivity contribution in [3.05, 3.63) is 64.7 Å². The minimum absolute atomic E-state index is 0.0263. The number of nitrogens with zero attached hydrogens (tertiary/aromatic N) is 2. The third-order valence-electron chi connectivity index (χ3n) is 7.52. The van der Waals surface area contributed by atoms with Gasteiger partial charge in [-0.25, -0.2) is 4.99 Å².